The highest BCUT2D eigenvalue weighted by Gasteiger charge is 2.18. The molecule has 0 aliphatic rings. The topological polar surface area (TPSA) is 42.0 Å². The van der Waals surface area contributed by atoms with E-state index in [0.717, 1.165) is 22.0 Å². The molecule has 0 aliphatic carbocycles. The highest BCUT2D eigenvalue weighted by Crippen LogP contribution is 2.19. The van der Waals surface area contributed by atoms with Crippen LogP contribution in [0.3, 0.4) is 0 Å². The summed E-state index contributed by atoms with van der Waals surface area (Å²) in [6, 6.07) is 2.10. The number of amides is 1. The molecule has 1 N–H and O–H groups in total. The van der Waals surface area contributed by atoms with Crippen LogP contribution in [-0.4, -0.2) is 10.9 Å². The fourth-order valence-electron chi connectivity index (χ4n) is 1.50. The van der Waals surface area contributed by atoms with E-state index in [-0.39, 0.29) is 11.0 Å². The molecule has 19 heavy (non-hydrogen) atoms. The van der Waals surface area contributed by atoms with E-state index in [1.165, 1.54) is 11.3 Å². The third kappa shape index (κ3) is 3.36. The molecule has 0 spiro atoms. The number of rotatable bonds is 3. The first-order valence-electron chi connectivity index (χ1n) is 5.31. The summed E-state index contributed by atoms with van der Waals surface area (Å²) in [6.45, 7) is 2.03. The third-order valence-corrected chi connectivity index (χ3v) is 3.70. The average molecular weight is 347 g/mol. The van der Waals surface area contributed by atoms with Crippen LogP contribution in [0.2, 0.25) is 0 Å². The second-order valence-corrected chi connectivity index (χ2v) is 6.01. The maximum absolute atomic E-state index is 13.6. The van der Waals surface area contributed by atoms with E-state index in [9.17, 15) is 13.6 Å². The molecule has 3 nitrogen and oxygen atoms in total. The van der Waals surface area contributed by atoms with Crippen LogP contribution < -0.4 is 5.32 Å². The molecule has 0 saturated carbocycles. The van der Waals surface area contributed by atoms with Crippen LogP contribution in [-0.2, 0) is 6.54 Å². The molecule has 1 aromatic carbocycles. The highest BCUT2D eigenvalue weighted by molar-refractivity contribution is 9.10. The number of thiazole rings is 1. The van der Waals surface area contributed by atoms with E-state index in [2.05, 4.69) is 26.2 Å². The number of aryl methyl sites for hydroxylation is 1. The van der Waals surface area contributed by atoms with E-state index >= 15 is 0 Å². The van der Waals surface area contributed by atoms with Gasteiger partial charge in [0.1, 0.15) is 17.2 Å². The van der Waals surface area contributed by atoms with Crippen LogP contribution in [0.5, 0.6) is 0 Å². The van der Waals surface area contributed by atoms with Gasteiger partial charge in [0.15, 0.2) is 0 Å². The first-order valence-corrected chi connectivity index (χ1v) is 6.92. The molecule has 0 unspecified atom stereocenters. The Bertz CT molecular complexity index is 607. The summed E-state index contributed by atoms with van der Waals surface area (Å²) in [7, 11) is 0. The van der Waals surface area contributed by atoms with Crippen LogP contribution in [0.1, 0.15) is 20.2 Å². The third-order valence-electron chi connectivity index (χ3n) is 2.33. The van der Waals surface area contributed by atoms with Gasteiger partial charge in [-0.25, -0.2) is 13.8 Å². The van der Waals surface area contributed by atoms with E-state index in [1.807, 2.05) is 6.92 Å². The summed E-state index contributed by atoms with van der Waals surface area (Å²) >= 11 is 4.37. The fourth-order valence-corrected chi connectivity index (χ4v) is 2.64. The first-order chi connectivity index (χ1) is 8.97. The van der Waals surface area contributed by atoms with Crippen molar-refractivity contribution in [3.63, 3.8) is 0 Å². The SMILES string of the molecule is Cc1ncc(CNC(=O)c2c(F)cc(Br)cc2F)s1. The average Bonchev–Trinajstić information content (AvgIpc) is 2.71. The van der Waals surface area contributed by atoms with Crippen molar-refractivity contribution in [2.24, 2.45) is 0 Å². The lowest BCUT2D eigenvalue weighted by Gasteiger charge is -2.06. The van der Waals surface area contributed by atoms with Crippen molar-refractivity contribution in [3.8, 4) is 0 Å². The zero-order valence-electron chi connectivity index (χ0n) is 9.84. The lowest BCUT2D eigenvalue weighted by Crippen LogP contribution is -2.24. The van der Waals surface area contributed by atoms with E-state index < -0.39 is 23.1 Å². The zero-order valence-corrected chi connectivity index (χ0v) is 12.2. The van der Waals surface area contributed by atoms with Crippen molar-refractivity contribution >= 4 is 33.2 Å². The second kappa shape index (κ2) is 5.75. The van der Waals surface area contributed by atoms with Gasteiger partial charge in [0, 0.05) is 15.5 Å². The summed E-state index contributed by atoms with van der Waals surface area (Å²) in [6.07, 6.45) is 1.62. The number of carbonyl (C=O) groups excluding carboxylic acids is 1. The minimum Gasteiger partial charge on any atom is -0.347 e. The summed E-state index contributed by atoms with van der Waals surface area (Å²) in [5.74, 6) is -2.58. The van der Waals surface area contributed by atoms with Gasteiger partial charge in [0.25, 0.3) is 5.91 Å². The monoisotopic (exact) mass is 346 g/mol. The largest absolute Gasteiger partial charge is 0.347 e. The number of hydrogen-bond acceptors (Lipinski definition) is 3. The van der Waals surface area contributed by atoms with Gasteiger partial charge in [-0.15, -0.1) is 11.3 Å². The van der Waals surface area contributed by atoms with Crippen molar-refractivity contribution in [1.29, 1.82) is 0 Å². The molecule has 1 aromatic heterocycles. The number of carbonyl (C=O) groups is 1. The number of nitrogens with zero attached hydrogens (tertiary/aromatic N) is 1. The molecule has 1 amide bonds. The lowest BCUT2D eigenvalue weighted by atomic mass is 10.2. The predicted octanol–water partition coefficient (Wildman–Crippen LogP) is 3.42. The first kappa shape index (κ1) is 14.1. The summed E-state index contributed by atoms with van der Waals surface area (Å²) < 4.78 is 27.3. The van der Waals surface area contributed by atoms with Crippen LogP contribution in [0.4, 0.5) is 8.78 Å². The minimum atomic E-state index is -0.898. The molecular weight excluding hydrogens is 338 g/mol. The Morgan fingerprint density at radius 1 is 1.42 bits per heavy atom. The lowest BCUT2D eigenvalue weighted by molar-refractivity contribution is 0.0943. The van der Waals surface area contributed by atoms with Crippen LogP contribution in [0.25, 0.3) is 0 Å². The number of benzene rings is 1. The molecule has 0 radical (unpaired) electrons. The van der Waals surface area contributed by atoms with Gasteiger partial charge in [0.05, 0.1) is 11.6 Å². The highest BCUT2D eigenvalue weighted by atomic mass is 79.9. The number of nitrogens with one attached hydrogen (secondary N) is 1. The zero-order chi connectivity index (χ0) is 14.0. The molecule has 0 bridgehead atoms. The normalized spacial score (nSPS) is 10.5. The smallest absolute Gasteiger partial charge is 0.257 e. The van der Waals surface area contributed by atoms with E-state index in [4.69, 9.17) is 0 Å². The van der Waals surface area contributed by atoms with Gasteiger partial charge in [0.2, 0.25) is 0 Å². The molecule has 0 fully saturated rings. The standard InChI is InChI=1S/C12H9BrF2N2OS/c1-6-16-4-8(19-6)5-17-12(18)11-9(14)2-7(13)3-10(11)15/h2-4H,5H2,1H3,(H,17,18). The Labute approximate surface area is 120 Å². The van der Waals surface area contributed by atoms with Crippen molar-refractivity contribution in [2.45, 2.75) is 13.5 Å². The Balaban J connectivity index is 2.12. The molecule has 1 heterocycles. The minimum absolute atomic E-state index is 0.194. The molecule has 0 saturated heterocycles. The molecular formula is C12H9BrF2N2OS. The van der Waals surface area contributed by atoms with Crippen molar-refractivity contribution in [1.82, 2.24) is 10.3 Å². The molecule has 100 valence electrons. The van der Waals surface area contributed by atoms with Crippen LogP contribution in [0, 0.1) is 18.6 Å². The van der Waals surface area contributed by atoms with Gasteiger partial charge in [-0.3, -0.25) is 4.79 Å². The Morgan fingerprint density at radius 3 is 2.58 bits per heavy atom. The number of aromatic nitrogens is 1. The molecule has 7 heteroatoms. The van der Waals surface area contributed by atoms with Gasteiger partial charge in [-0.1, -0.05) is 15.9 Å². The Hall–Kier alpha value is -1.34. The molecule has 0 aliphatic heterocycles. The van der Waals surface area contributed by atoms with Crippen molar-refractivity contribution < 1.29 is 13.6 Å². The van der Waals surface area contributed by atoms with Crippen molar-refractivity contribution in [2.75, 3.05) is 0 Å². The van der Waals surface area contributed by atoms with E-state index in [1.54, 1.807) is 6.20 Å². The number of hydrogen-bond donors (Lipinski definition) is 1. The second-order valence-electron chi connectivity index (χ2n) is 3.77. The fraction of sp³-hybridized carbons (Fsp3) is 0.167. The van der Waals surface area contributed by atoms with Gasteiger partial charge >= 0.3 is 0 Å². The number of halogens is 3. The van der Waals surface area contributed by atoms with Crippen LogP contribution >= 0.6 is 27.3 Å². The van der Waals surface area contributed by atoms with Crippen molar-refractivity contribution in [3.05, 3.63) is 49.9 Å². The predicted molar refractivity (Wildman–Crippen MR) is 72.1 cm³/mol. The Kier molecular flexibility index (Phi) is 4.26. The molecule has 2 rings (SSSR count). The van der Waals surface area contributed by atoms with Crippen LogP contribution in [0.15, 0.2) is 22.8 Å². The Morgan fingerprint density at radius 2 is 2.05 bits per heavy atom. The van der Waals surface area contributed by atoms with Gasteiger partial charge < -0.3 is 5.32 Å². The van der Waals surface area contributed by atoms with E-state index in [0.29, 0.717) is 0 Å². The summed E-state index contributed by atoms with van der Waals surface area (Å²) in [5.41, 5.74) is -0.579. The van der Waals surface area contributed by atoms with Gasteiger partial charge in [-0.2, -0.15) is 0 Å². The quantitative estimate of drug-likeness (QED) is 0.925. The maximum Gasteiger partial charge on any atom is 0.257 e. The summed E-state index contributed by atoms with van der Waals surface area (Å²) in [5, 5.41) is 3.33. The summed E-state index contributed by atoms with van der Waals surface area (Å²) in [4.78, 5) is 16.6. The maximum atomic E-state index is 13.6. The van der Waals surface area contributed by atoms with Gasteiger partial charge in [-0.05, 0) is 19.1 Å². The molecule has 0 atom stereocenters. The molecule has 2 aromatic rings.